The van der Waals surface area contributed by atoms with E-state index in [0.29, 0.717) is 24.2 Å². The summed E-state index contributed by atoms with van der Waals surface area (Å²) in [5.74, 6) is 1.90. The first-order valence-corrected chi connectivity index (χ1v) is 6.13. The van der Waals surface area contributed by atoms with Crippen molar-refractivity contribution in [3.63, 3.8) is 0 Å². The smallest absolute Gasteiger partial charge is 0.223 e. The molecular formula is C11H20IN5O2. The van der Waals surface area contributed by atoms with Gasteiger partial charge in [-0.3, -0.25) is 4.99 Å². The van der Waals surface area contributed by atoms with E-state index >= 15 is 0 Å². The standard InChI is InChI=1S/C11H19N5O2.HI/c1-8-15-10(16-18-8)7-14-11(12-2)13-6-9-4-3-5-17-9;/h9H,3-7H2,1-2H3,(H2,12,13,14);1H. The van der Waals surface area contributed by atoms with E-state index in [1.165, 1.54) is 0 Å². The summed E-state index contributed by atoms with van der Waals surface area (Å²) in [5.41, 5.74) is 0. The Morgan fingerprint density at radius 1 is 1.47 bits per heavy atom. The minimum absolute atomic E-state index is 0. The van der Waals surface area contributed by atoms with Gasteiger partial charge in [-0.05, 0) is 12.8 Å². The van der Waals surface area contributed by atoms with E-state index in [0.717, 1.165) is 26.0 Å². The summed E-state index contributed by atoms with van der Waals surface area (Å²) < 4.78 is 10.4. The molecule has 1 atom stereocenters. The van der Waals surface area contributed by atoms with Crippen molar-refractivity contribution in [2.75, 3.05) is 20.2 Å². The molecule has 19 heavy (non-hydrogen) atoms. The van der Waals surface area contributed by atoms with E-state index in [1.807, 2.05) is 0 Å². The SMILES string of the molecule is CN=C(NCc1noc(C)n1)NCC1CCCO1.I. The Morgan fingerprint density at radius 2 is 2.32 bits per heavy atom. The van der Waals surface area contributed by atoms with Crippen LogP contribution < -0.4 is 10.6 Å². The van der Waals surface area contributed by atoms with Crippen molar-refractivity contribution in [3.05, 3.63) is 11.7 Å². The molecule has 0 amide bonds. The van der Waals surface area contributed by atoms with Crippen LogP contribution >= 0.6 is 24.0 Å². The first kappa shape index (κ1) is 16.2. The number of ether oxygens (including phenoxy) is 1. The number of nitrogens with zero attached hydrogens (tertiary/aromatic N) is 3. The average Bonchev–Trinajstić information content (AvgIpc) is 3.01. The number of guanidine groups is 1. The van der Waals surface area contributed by atoms with Gasteiger partial charge in [0.15, 0.2) is 11.8 Å². The molecule has 1 aliphatic rings. The molecule has 8 heteroatoms. The normalized spacial score (nSPS) is 19.1. The van der Waals surface area contributed by atoms with Gasteiger partial charge in [-0.15, -0.1) is 24.0 Å². The van der Waals surface area contributed by atoms with Crippen molar-refractivity contribution in [2.45, 2.75) is 32.4 Å². The Morgan fingerprint density at radius 3 is 2.89 bits per heavy atom. The average molecular weight is 381 g/mol. The lowest BCUT2D eigenvalue weighted by Crippen LogP contribution is -2.40. The predicted molar refractivity (Wildman–Crippen MR) is 81.6 cm³/mol. The van der Waals surface area contributed by atoms with Crippen molar-refractivity contribution in [1.29, 1.82) is 0 Å². The predicted octanol–water partition coefficient (Wildman–Crippen LogP) is 0.840. The fourth-order valence-corrected chi connectivity index (χ4v) is 1.81. The van der Waals surface area contributed by atoms with Crippen LogP contribution in [-0.4, -0.2) is 42.4 Å². The molecule has 1 aliphatic heterocycles. The van der Waals surface area contributed by atoms with Crippen LogP contribution in [0.3, 0.4) is 0 Å². The summed E-state index contributed by atoms with van der Waals surface area (Å²) in [6.45, 7) is 3.88. The Kier molecular flexibility index (Phi) is 7.06. The van der Waals surface area contributed by atoms with Gasteiger partial charge in [-0.2, -0.15) is 4.98 Å². The molecule has 0 spiro atoms. The largest absolute Gasteiger partial charge is 0.376 e. The minimum atomic E-state index is 0. The van der Waals surface area contributed by atoms with E-state index in [4.69, 9.17) is 9.26 Å². The van der Waals surface area contributed by atoms with Gasteiger partial charge in [-0.25, -0.2) is 0 Å². The molecule has 0 aliphatic carbocycles. The zero-order valence-electron chi connectivity index (χ0n) is 11.2. The van der Waals surface area contributed by atoms with Crippen LogP contribution in [0, 0.1) is 6.92 Å². The molecule has 2 rings (SSSR count). The Labute approximate surface area is 129 Å². The highest BCUT2D eigenvalue weighted by Crippen LogP contribution is 2.10. The second kappa shape index (κ2) is 8.31. The van der Waals surface area contributed by atoms with Gasteiger partial charge in [0.25, 0.3) is 0 Å². The summed E-state index contributed by atoms with van der Waals surface area (Å²) in [5, 5.41) is 10.1. The van der Waals surface area contributed by atoms with Crippen LogP contribution in [0.4, 0.5) is 0 Å². The van der Waals surface area contributed by atoms with Gasteiger partial charge in [0.2, 0.25) is 5.89 Å². The topological polar surface area (TPSA) is 84.6 Å². The van der Waals surface area contributed by atoms with E-state index < -0.39 is 0 Å². The second-order valence-electron chi connectivity index (χ2n) is 4.17. The summed E-state index contributed by atoms with van der Waals surface area (Å²) in [7, 11) is 1.73. The molecule has 2 N–H and O–H groups in total. The van der Waals surface area contributed by atoms with Crippen molar-refractivity contribution in [2.24, 2.45) is 4.99 Å². The third-order valence-electron chi connectivity index (χ3n) is 2.73. The van der Waals surface area contributed by atoms with Crippen LogP contribution in [0.1, 0.15) is 24.6 Å². The second-order valence-corrected chi connectivity index (χ2v) is 4.17. The zero-order chi connectivity index (χ0) is 12.8. The molecule has 0 bridgehead atoms. The highest BCUT2D eigenvalue weighted by atomic mass is 127. The van der Waals surface area contributed by atoms with E-state index in [1.54, 1.807) is 14.0 Å². The van der Waals surface area contributed by atoms with Crippen LogP contribution in [-0.2, 0) is 11.3 Å². The minimum Gasteiger partial charge on any atom is -0.376 e. The molecule has 0 aromatic carbocycles. The lowest BCUT2D eigenvalue weighted by molar-refractivity contribution is 0.114. The number of aromatic nitrogens is 2. The molecule has 1 unspecified atom stereocenters. The van der Waals surface area contributed by atoms with Gasteiger partial charge in [0.1, 0.15) is 0 Å². The van der Waals surface area contributed by atoms with E-state index in [9.17, 15) is 0 Å². The van der Waals surface area contributed by atoms with Crippen molar-refractivity contribution in [3.8, 4) is 0 Å². The number of nitrogens with one attached hydrogen (secondary N) is 2. The molecule has 1 fully saturated rings. The molecule has 108 valence electrons. The highest BCUT2D eigenvalue weighted by Gasteiger charge is 2.15. The van der Waals surface area contributed by atoms with Gasteiger partial charge < -0.3 is 19.9 Å². The number of aliphatic imine (C=N–C) groups is 1. The van der Waals surface area contributed by atoms with Crippen molar-refractivity contribution >= 4 is 29.9 Å². The molecule has 0 radical (unpaired) electrons. The third kappa shape index (κ3) is 5.31. The number of rotatable bonds is 4. The van der Waals surface area contributed by atoms with Gasteiger partial charge >= 0.3 is 0 Å². The van der Waals surface area contributed by atoms with Crippen molar-refractivity contribution in [1.82, 2.24) is 20.8 Å². The first-order valence-electron chi connectivity index (χ1n) is 6.13. The van der Waals surface area contributed by atoms with E-state index in [-0.39, 0.29) is 30.1 Å². The van der Waals surface area contributed by atoms with Crippen LogP contribution in [0.5, 0.6) is 0 Å². The fraction of sp³-hybridized carbons (Fsp3) is 0.727. The maximum atomic E-state index is 5.53. The van der Waals surface area contributed by atoms with Crippen LogP contribution in [0.25, 0.3) is 0 Å². The molecular weight excluding hydrogens is 361 g/mol. The molecule has 1 aromatic heterocycles. The summed E-state index contributed by atoms with van der Waals surface area (Å²) in [6, 6.07) is 0. The third-order valence-corrected chi connectivity index (χ3v) is 2.73. The highest BCUT2D eigenvalue weighted by molar-refractivity contribution is 14.0. The molecule has 0 saturated carbocycles. The van der Waals surface area contributed by atoms with Crippen LogP contribution in [0.2, 0.25) is 0 Å². The van der Waals surface area contributed by atoms with E-state index in [2.05, 4.69) is 25.8 Å². The van der Waals surface area contributed by atoms with Crippen molar-refractivity contribution < 1.29 is 9.26 Å². The Bertz CT molecular complexity index is 404. The summed E-state index contributed by atoms with van der Waals surface area (Å²) >= 11 is 0. The maximum absolute atomic E-state index is 5.53. The molecule has 2 heterocycles. The van der Waals surface area contributed by atoms with Gasteiger partial charge in [0.05, 0.1) is 12.6 Å². The molecule has 1 aromatic rings. The lowest BCUT2D eigenvalue weighted by Gasteiger charge is -2.14. The quantitative estimate of drug-likeness (QED) is 0.457. The molecule has 1 saturated heterocycles. The Hall–Kier alpha value is -0.900. The summed E-state index contributed by atoms with van der Waals surface area (Å²) in [6.07, 6.45) is 2.53. The number of hydrogen-bond donors (Lipinski definition) is 2. The fourth-order valence-electron chi connectivity index (χ4n) is 1.81. The molecule has 7 nitrogen and oxygen atoms in total. The number of halogens is 1. The lowest BCUT2D eigenvalue weighted by atomic mass is 10.2. The van der Waals surface area contributed by atoms with Gasteiger partial charge in [-0.1, -0.05) is 5.16 Å². The maximum Gasteiger partial charge on any atom is 0.223 e. The summed E-state index contributed by atoms with van der Waals surface area (Å²) in [4.78, 5) is 8.23. The first-order chi connectivity index (χ1) is 8.78. The number of hydrogen-bond acceptors (Lipinski definition) is 5. The van der Waals surface area contributed by atoms with Gasteiger partial charge in [0, 0.05) is 27.1 Å². The zero-order valence-corrected chi connectivity index (χ0v) is 13.5. The Balaban J connectivity index is 0.00000180. The monoisotopic (exact) mass is 381 g/mol. The number of aryl methyl sites for hydroxylation is 1. The van der Waals surface area contributed by atoms with Crippen LogP contribution in [0.15, 0.2) is 9.52 Å².